The Morgan fingerprint density at radius 3 is 2.86 bits per heavy atom. The number of rotatable bonds is 7. The Kier molecular flexibility index (Phi) is 5.50. The summed E-state index contributed by atoms with van der Waals surface area (Å²) in [4.78, 5) is 16.4. The number of esters is 1. The molecule has 2 heterocycles. The lowest BCUT2D eigenvalue weighted by atomic mass is 10.1. The minimum Gasteiger partial charge on any atom is -0.494 e. The highest BCUT2D eigenvalue weighted by atomic mass is 32.2. The molecule has 0 amide bonds. The van der Waals surface area contributed by atoms with Gasteiger partial charge in [0.15, 0.2) is 10.8 Å². The fourth-order valence-corrected chi connectivity index (χ4v) is 3.95. The first-order valence-electron chi connectivity index (χ1n) is 8.58. The smallest absolute Gasteiger partial charge is 0.330 e. The van der Waals surface area contributed by atoms with Crippen LogP contribution in [0.25, 0.3) is 6.08 Å². The number of nitrogens with one attached hydrogen (secondary N) is 3. The zero-order valence-corrected chi connectivity index (χ0v) is 16.6. The Morgan fingerprint density at radius 2 is 2.21 bits per heavy atom. The molecule has 0 radical (unpaired) electrons. The van der Waals surface area contributed by atoms with Gasteiger partial charge in [-0.2, -0.15) is 8.42 Å². The van der Waals surface area contributed by atoms with Crippen molar-refractivity contribution in [1.82, 2.24) is 4.98 Å². The predicted octanol–water partition coefficient (Wildman–Crippen LogP) is 2.22. The molecule has 9 nitrogen and oxygen atoms in total. The lowest BCUT2D eigenvalue weighted by Gasteiger charge is -2.18. The first-order valence-corrected chi connectivity index (χ1v) is 10.1. The molecule has 2 aromatic rings. The van der Waals surface area contributed by atoms with E-state index < -0.39 is 16.0 Å². The summed E-state index contributed by atoms with van der Waals surface area (Å²) in [5.41, 5.74) is 2.18. The summed E-state index contributed by atoms with van der Waals surface area (Å²) in [5, 5.41) is 3.23. The van der Waals surface area contributed by atoms with Gasteiger partial charge < -0.3 is 24.7 Å². The van der Waals surface area contributed by atoms with Crippen molar-refractivity contribution in [2.24, 2.45) is 0 Å². The maximum Gasteiger partial charge on any atom is 0.330 e. The third kappa shape index (κ3) is 3.77. The van der Waals surface area contributed by atoms with Gasteiger partial charge in [0, 0.05) is 24.9 Å². The van der Waals surface area contributed by atoms with Crippen molar-refractivity contribution in [2.75, 3.05) is 42.4 Å². The molecule has 0 spiro atoms. The van der Waals surface area contributed by atoms with Crippen molar-refractivity contribution in [3.63, 3.8) is 0 Å². The fraction of sp³-hybridized carbons (Fsp3) is 0.278. The highest BCUT2D eigenvalue weighted by Crippen LogP contribution is 2.46. The third-order valence-corrected chi connectivity index (χ3v) is 5.50. The van der Waals surface area contributed by atoms with Gasteiger partial charge in [0.2, 0.25) is 0 Å². The van der Waals surface area contributed by atoms with E-state index in [0.717, 1.165) is 11.4 Å². The number of carbonyl (C=O) groups excluding carboxylic acids is 1. The van der Waals surface area contributed by atoms with Gasteiger partial charge in [-0.05, 0) is 31.2 Å². The molecule has 0 saturated heterocycles. The molecule has 3 N–H and O–H groups in total. The van der Waals surface area contributed by atoms with Crippen LogP contribution in [0.2, 0.25) is 0 Å². The number of anilines is 3. The number of carbonyl (C=O) groups is 1. The Balaban J connectivity index is 2.11. The van der Waals surface area contributed by atoms with E-state index in [0.29, 0.717) is 18.0 Å². The number of aromatic nitrogens is 1. The van der Waals surface area contributed by atoms with Gasteiger partial charge in [-0.15, -0.1) is 0 Å². The molecule has 0 fully saturated rings. The van der Waals surface area contributed by atoms with Crippen molar-refractivity contribution in [2.45, 2.75) is 11.9 Å². The van der Waals surface area contributed by atoms with Crippen molar-refractivity contribution >= 4 is 39.1 Å². The van der Waals surface area contributed by atoms with Gasteiger partial charge in [0.1, 0.15) is 5.69 Å². The molecule has 28 heavy (non-hydrogen) atoms. The summed E-state index contributed by atoms with van der Waals surface area (Å²) in [6.45, 7) is 2.49. The van der Waals surface area contributed by atoms with Crippen LogP contribution in [0.3, 0.4) is 0 Å². The van der Waals surface area contributed by atoms with Gasteiger partial charge in [-0.25, -0.2) is 4.79 Å². The number of sulfonamides is 1. The molecule has 0 atom stereocenters. The molecule has 1 aromatic carbocycles. The van der Waals surface area contributed by atoms with Crippen molar-refractivity contribution in [3.05, 3.63) is 36.0 Å². The molecule has 3 rings (SSSR count). The highest BCUT2D eigenvalue weighted by molar-refractivity contribution is 7.92. The second kappa shape index (κ2) is 7.85. The third-order valence-electron chi connectivity index (χ3n) is 4.18. The monoisotopic (exact) mass is 406 g/mol. The Hall–Kier alpha value is -3.14. The molecule has 10 heteroatoms. The zero-order chi connectivity index (χ0) is 20.3. The molecular formula is C18H22N4O5S. The van der Waals surface area contributed by atoms with Gasteiger partial charge in [-0.3, -0.25) is 4.72 Å². The van der Waals surface area contributed by atoms with Crippen LogP contribution in [-0.4, -0.2) is 46.8 Å². The molecule has 1 aromatic heterocycles. The normalized spacial score (nSPS) is 13.3. The van der Waals surface area contributed by atoms with E-state index in [2.05, 4.69) is 15.0 Å². The first kappa shape index (κ1) is 19.6. The second-order valence-electron chi connectivity index (χ2n) is 6.02. The van der Waals surface area contributed by atoms with Crippen molar-refractivity contribution < 1.29 is 22.7 Å². The van der Waals surface area contributed by atoms with Crippen LogP contribution in [0.4, 0.5) is 17.1 Å². The molecule has 0 unspecified atom stereocenters. The van der Waals surface area contributed by atoms with Crippen molar-refractivity contribution in [1.29, 1.82) is 0 Å². The van der Waals surface area contributed by atoms with Crippen molar-refractivity contribution in [3.8, 4) is 5.75 Å². The predicted molar refractivity (Wildman–Crippen MR) is 107 cm³/mol. The summed E-state index contributed by atoms with van der Waals surface area (Å²) >= 11 is 0. The van der Waals surface area contributed by atoms with Gasteiger partial charge >= 0.3 is 5.97 Å². The van der Waals surface area contributed by atoms with Gasteiger partial charge in [0.25, 0.3) is 10.0 Å². The summed E-state index contributed by atoms with van der Waals surface area (Å²) in [6, 6.07) is 4.75. The topological polar surface area (TPSA) is 113 Å². The number of nitrogens with zero attached hydrogens (tertiary/aromatic N) is 1. The SMILES string of the molecule is CCOC(=O)/C=C/c1c(NS(=O)(=O)c2ccc[nH]2)cc2c(c1OC)NCN2C. The standard InChI is InChI=1S/C18H22N4O5S/c1-4-27-16(23)8-7-12-13(21-28(24,25)15-6-5-9-19-15)10-14-17(18(12)26-3)20-11-22(14)2/h5-10,19-21H,4,11H2,1-3H3/b8-7+. The van der Waals surface area contributed by atoms with E-state index in [-0.39, 0.29) is 17.3 Å². The van der Waals surface area contributed by atoms with E-state index >= 15 is 0 Å². The lowest BCUT2D eigenvalue weighted by molar-refractivity contribution is -0.137. The molecule has 150 valence electrons. The number of hydrogen-bond acceptors (Lipinski definition) is 7. The van der Waals surface area contributed by atoms with Gasteiger partial charge in [-0.1, -0.05) is 0 Å². The summed E-state index contributed by atoms with van der Waals surface area (Å²) < 4.78 is 38.4. The number of benzene rings is 1. The Labute approximate surface area is 163 Å². The van der Waals surface area contributed by atoms with E-state index in [4.69, 9.17) is 9.47 Å². The molecule has 0 saturated carbocycles. The minimum absolute atomic E-state index is 0.0266. The summed E-state index contributed by atoms with van der Waals surface area (Å²) in [7, 11) is -0.494. The number of H-pyrrole nitrogens is 1. The largest absolute Gasteiger partial charge is 0.494 e. The average Bonchev–Trinajstić information content (AvgIpc) is 3.31. The first-order chi connectivity index (χ1) is 13.4. The lowest BCUT2D eigenvalue weighted by Crippen LogP contribution is -2.17. The zero-order valence-electron chi connectivity index (χ0n) is 15.8. The number of ether oxygens (including phenoxy) is 2. The molecule has 0 bridgehead atoms. The van der Waals surface area contributed by atoms with E-state index in [1.54, 1.807) is 19.1 Å². The second-order valence-corrected chi connectivity index (χ2v) is 7.67. The van der Waals surface area contributed by atoms with E-state index in [1.807, 2.05) is 11.9 Å². The van der Waals surface area contributed by atoms with E-state index in [9.17, 15) is 13.2 Å². The fourth-order valence-electron chi connectivity index (χ4n) is 2.90. The molecule has 1 aliphatic heterocycles. The molecular weight excluding hydrogens is 384 g/mol. The quantitative estimate of drug-likeness (QED) is 0.477. The minimum atomic E-state index is -3.85. The number of aromatic amines is 1. The Morgan fingerprint density at radius 1 is 1.43 bits per heavy atom. The van der Waals surface area contributed by atoms with Crippen LogP contribution in [0.15, 0.2) is 35.5 Å². The van der Waals surface area contributed by atoms with Crippen LogP contribution < -0.4 is 19.7 Å². The van der Waals surface area contributed by atoms with Crippen LogP contribution in [0.5, 0.6) is 5.75 Å². The van der Waals surface area contributed by atoms with Gasteiger partial charge in [0.05, 0.1) is 31.8 Å². The number of hydrogen-bond donors (Lipinski definition) is 3. The van der Waals surface area contributed by atoms with E-state index in [1.165, 1.54) is 31.5 Å². The van der Waals surface area contributed by atoms with Crippen LogP contribution in [0, 0.1) is 0 Å². The average molecular weight is 406 g/mol. The van der Waals surface area contributed by atoms with Crippen LogP contribution in [-0.2, 0) is 19.6 Å². The van der Waals surface area contributed by atoms with Crippen LogP contribution in [0.1, 0.15) is 12.5 Å². The number of methoxy groups -OCH3 is 1. The Bertz CT molecular complexity index is 999. The summed E-state index contributed by atoms with van der Waals surface area (Å²) in [5.74, 6) is -0.111. The summed E-state index contributed by atoms with van der Waals surface area (Å²) in [6.07, 6.45) is 4.24. The highest BCUT2D eigenvalue weighted by Gasteiger charge is 2.26. The maximum atomic E-state index is 12.7. The molecule has 0 aliphatic carbocycles. The number of fused-ring (bicyclic) bond motifs is 1. The molecule has 1 aliphatic rings. The maximum absolute atomic E-state index is 12.7. The van der Waals surface area contributed by atoms with Crippen LogP contribution >= 0.6 is 0 Å².